The fourth-order valence-corrected chi connectivity index (χ4v) is 6.22. The summed E-state index contributed by atoms with van der Waals surface area (Å²) in [7, 11) is -3.34. The third-order valence-corrected chi connectivity index (χ3v) is 9.28. The minimum Gasteiger partial charge on any atom is -0.305 e. The van der Waals surface area contributed by atoms with E-state index in [1.165, 1.54) is 76.2 Å². The van der Waals surface area contributed by atoms with Crippen molar-refractivity contribution in [3.63, 3.8) is 0 Å². The zero-order valence-electron chi connectivity index (χ0n) is 23.9. The van der Waals surface area contributed by atoms with E-state index in [9.17, 15) is 4.57 Å². The van der Waals surface area contributed by atoms with Crippen LogP contribution in [0.3, 0.4) is 0 Å². The Morgan fingerprint density at radius 2 is 1.09 bits per heavy atom. The standard InChI is InChI=1S/C31H57O3P/c1-6-11-14-15-16-17-18-21-30-22-24-31(25-23-30)35(32,33-26-28(9-4)19-12-7-2)34-27-29(10-5)20-13-8-3/h22-25,28-29H,6-21,26-27H2,1-5H3. The molecule has 0 bridgehead atoms. The molecule has 4 heteroatoms. The van der Waals surface area contributed by atoms with Gasteiger partial charge in [-0.3, -0.25) is 4.57 Å². The summed E-state index contributed by atoms with van der Waals surface area (Å²) in [6.45, 7) is 12.1. The lowest BCUT2D eigenvalue weighted by Crippen LogP contribution is -2.18. The van der Waals surface area contributed by atoms with Crippen LogP contribution in [-0.2, 0) is 20.0 Å². The molecule has 0 aromatic heterocycles. The number of hydrogen-bond acceptors (Lipinski definition) is 3. The number of rotatable bonds is 23. The van der Waals surface area contributed by atoms with Gasteiger partial charge in [0.15, 0.2) is 0 Å². The van der Waals surface area contributed by atoms with Crippen molar-refractivity contribution in [3.05, 3.63) is 29.8 Å². The van der Waals surface area contributed by atoms with Crippen LogP contribution in [0.25, 0.3) is 0 Å². The van der Waals surface area contributed by atoms with E-state index in [2.05, 4.69) is 46.8 Å². The van der Waals surface area contributed by atoms with Crippen molar-refractivity contribution < 1.29 is 13.6 Å². The Morgan fingerprint density at radius 3 is 1.54 bits per heavy atom. The molecule has 0 heterocycles. The molecule has 0 saturated heterocycles. The lowest BCUT2D eigenvalue weighted by molar-refractivity contribution is 0.157. The van der Waals surface area contributed by atoms with Crippen molar-refractivity contribution >= 4 is 12.9 Å². The first-order chi connectivity index (χ1) is 17.0. The van der Waals surface area contributed by atoms with Crippen LogP contribution in [0.2, 0.25) is 0 Å². The summed E-state index contributed by atoms with van der Waals surface area (Å²) >= 11 is 0. The quantitative estimate of drug-likeness (QED) is 0.109. The van der Waals surface area contributed by atoms with E-state index in [0.29, 0.717) is 25.0 Å². The van der Waals surface area contributed by atoms with Crippen LogP contribution in [0.4, 0.5) is 0 Å². The van der Waals surface area contributed by atoms with E-state index in [1.807, 2.05) is 12.1 Å². The molecule has 204 valence electrons. The first kappa shape index (κ1) is 32.4. The SMILES string of the molecule is CCCCCCCCCc1ccc(P(=O)(OCC(CC)CCCC)OCC(CC)CCCC)cc1. The van der Waals surface area contributed by atoms with Crippen LogP contribution in [0.15, 0.2) is 24.3 Å². The second kappa shape index (κ2) is 20.4. The molecule has 0 fully saturated rings. The molecule has 35 heavy (non-hydrogen) atoms. The molecule has 1 aromatic rings. The minimum atomic E-state index is -3.34. The molecule has 0 aliphatic carbocycles. The highest BCUT2D eigenvalue weighted by atomic mass is 31.2. The van der Waals surface area contributed by atoms with Gasteiger partial charge in [-0.05, 0) is 55.2 Å². The average molecular weight is 509 g/mol. The van der Waals surface area contributed by atoms with Crippen LogP contribution in [0, 0.1) is 11.8 Å². The van der Waals surface area contributed by atoms with Crippen LogP contribution in [0.1, 0.15) is 136 Å². The lowest BCUT2D eigenvalue weighted by Gasteiger charge is -2.24. The fraction of sp³-hybridized carbons (Fsp3) is 0.806. The van der Waals surface area contributed by atoms with E-state index >= 15 is 0 Å². The summed E-state index contributed by atoms with van der Waals surface area (Å²) in [5.41, 5.74) is 1.32. The van der Waals surface area contributed by atoms with Crippen LogP contribution in [0.5, 0.6) is 0 Å². The summed E-state index contributed by atoms with van der Waals surface area (Å²) in [4.78, 5) is 0. The third kappa shape index (κ3) is 14.0. The molecule has 1 rings (SSSR count). The zero-order chi connectivity index (χ0) is 25.8. The second-order valence-electron chi connectivity index (χ2n) is 10.5. The van der Waals surface area contributed by atoms with Crippen molar-refractivity contribution in [2.45, 2.75) is 137 Å². The molecule has 1 aromatic carbocycles. The highest BCUT2D eigenvalue weighted by Gasteiger charge is 2.30. The maximum atomic E-state index is 14.1. The molecular weight excluding hydrogens is 451 g/mol. The Labute approximate surface area is 218 Å². The number of benzene rings is 1. The molecule has 0 saturated carbocycles. The van der Waals surface area contributed by atoms with Gasteiger partial charge in [0, 0.05) is 0 Å². The van der Waals surface area contributed by atoms with Gasteiger partial charge < -0.3 is 9.05 Å². The Morgan fingerprint density at radius 1 is 0.629 bits per heavy atom. The van der Waals surface area contributed by atoms with Crippen molar-refractivity contribution in [2.75, 3.05) is 13.2 Å². The van der Waals surface area contributed by atoms with Gasteiger partial charge in [-0.15, -0.1) is 0 Å². The molecule has 2 unspecified atom stereocenters. The van der Waals surface area contributed by atoms with E-state index in [4.69, 9.17) is 9.05 Å². The molecule has 0 radical (unpaired) electrons. The molecule has 0 spiro atoms. The van der Waals surface area contributed by atoms with Crippen molar-refractivity contribution in [1.29, 1.82) is 0 Å². The Kier molecular flexibility index (Phi) is 18.9. The van der Waals surface area contributed by atoms with Crippen LogP contribution in [-0.4, -0.2) is 13.2 Å². The third-order valence-electron chi connectivity index (χ3n) is 7.37. The Balaban J connectivity index is 2.78. The summed E-state index contributed by atoms with van der Waals surface area (Å²) in [5, 5.41) is 0.719. The predicted octanol–water partition coefficient (Wildman–Crippen LogP) is 10.3. The number of aryl methyl sites for hydroxylation is 1. The molecule has 0 aliphatic heterocycles. The van der Waals surface area contributed by atoms with Crippen molar-refractivity contribution in [1.82, 2.24) is 0 Å². The molecular formula is C31H57O3P. The van der Waals surface area contributed by atoms with Crippen molar-refractivity contribution in [3.8, 4) is 0 Å². The Bertz CT molecular complexity index is 634. The number of hydrogen-bond donors (Lipinski definition) is 0. The topological polar surface area (TPSA) is 35.5 Å². The maximum Gasteiger partial charge on any atom is 0.361 e. The zero-order valence-corrected chi connectivity index (χ0v) is 24.8. The van der Waals surface area contributed by atoms with Gasteiger partial charge in [0.2, 0.25) is 0 Å². The van der Waals surface area contributed by atoms with E-state index in [1.54, 1.807) is 0 Å². The van der Waals surface area contributed by atoms with Gasteiger partial charge in [-0.1, -0.05) is 124 Å². The molecule has 0 N–H and O–H groups in total. The Hall–Kier alpha value is -0.630. The average Bonchev–Trinajstić information content (AvgIpc) is 2.88. The maximum absolute atomic E-state index is 14.1. The first-order valence-corrected chi connectivity index (χ1v) is 16.6. The summed E-state index contributed by atoms with van der Waals surface area (Å²) in [6.07, 6.45) is 19.4. The largest absolute Gasteiger partial charge is 0.361 e. The van der Waals surface area contributed by atoms with Gasteiger partial charge in [0.1, 0.15) is 0 Å². The van der Waals surface area contributed by atoms with Gasteiger partial charge in [0.25, 0.3) is 0 Å². The molecule has 0 aliphatic rings. The predicted molar refractivity (Wildman–Crippen MR) is 154 cm³/mol. The second-order valence-corrected chi connectivity index (χ2v) is 12.5. The monoisotopic (exact) mass is 508 g/mol. The first-order valence-electron chi connectivity index (χ1n) is 15.0. The molecule has 3 nitrogen and oxygen atoms in total. The van der Waals surface area contributed by atoms with E-state index < -0.39 is 7.60 Å². The van der Waals surface area contributed by atoms with Crippen LogP contribution < -0.4 is 5.30 Å². The lowest BCUT2D eigenvalue weighted by atomic mass is 10.0. The van der Waals surface area contributed by atoms with Gasteiger partial charge >= 0.3 is 7.60 Å². The minimum absolute atomic E-state index is 0.436. The van der Waals surface area contributed by atoms with Crippen LogP contribution >= 0.6 is 7.60 Å². The van der Waals surface area contributed by atoms with Gasteiger partial charge in [-0.2, -0.15) is 0 Å². The normalized spacial score (nSPS) is 15.1. The van der Waals surface area contributed by atoms with E-state index in [-0.39, 0.29) is 0 Å². The fourth-order valence-electron chi connectivity index (χ4n) is 4.52. The summed E-state index contributed by atoms with van der Waals surface area (Å²) in [5.74, 6) is 0.871. The number of unbranched alkanes of at least 4 members (excludes halogenated alkanes) is 8. The molecule has 2 atom stereocenters. The summed E-state index contributed by atoms with van der Waals surface area (Å²) in [6, 6.07) is 8.26. The van der Waals surface area contributed by atoms with Gasteiger partial charge in [-0.25, -0.2) is 0 Å². The smallest absolute Gasteiger partial charge is 0.305 e. The van der Waals surface area contributed by atoms with E-state index in [0.717, 1.165) is 37.4 Å². The highest BCUT2D eigenvalue weighted by Crippen LogP contribution is 2.48. The van der Waals surface area contributed by atoms with Gasteiger partial charge in [0.05, 0.1) is 18.5 Å². The van der Waals surface area contributed by atoms with Crippen molar-refractivity contribution in [2.24, 2.45) is 11.8 Å². The highest BCUT2D eigenvalue weighted by molar-refractivity contribution is 7.62. The molecule has 0 amide bonds. The summed E-state index contributed by atoms with van der Waals surface area (Å²) < 4.78 is 26.4.